The van der Waals surface area contributed by atoms with Crippen LogP contribution in [0.3, 0.4) is 0 Å². The van der Waals surface area contributed by atoms with E-state index in [2.05, 4.69) is 0 Å². The van der Waals surface area contributed by atoms with Gasteiger partial charge in [-0.2, -0.15) is 4.31 Å². The molecule has 0 spiro atoms. The number of carbonyl (C=O) groups excluding carboxylic acids is 1. The van der Waals surface area contributed by atoms with Crippen LogP contribution >= 0.6 is 11.3 Å². The van der Waals surface area contributed by atoms with Crippen molar-refractivity contribution in [1.29, 1.82) is 0 Å². The lowest BCUT2D eigenvalue weighted by Crippen LogP contribution is -2.42. The minimum absolute atomic E-state index is 0.153. The number of methoxy groups -OCH3 is 1. The highest BCUT2D eigenvalue weighted by Gasteiger charge is 2.28. The minimum atomic E-state index is -3.83. The average molecular weight is 487 g/mol. The molecule has 0 aliphatic heterocycles. The first kappa shape index (κ1) is 25.0. The monoisotopic (exact) mass is 486 g/mol. The third kappa shape index (κ3) is 6.90. The maximum absolute atomic E-state index is 13.4. The second kappa shape index (κ2) is 12.0. The highest BCUT2D eigenvalue weighted by atomic mass is 32.2. The molecule has 0 saturated heterocycles. The fourth-order valence-corrected chi connectivity index (χ4v) is 5.54. The highest BCUT2D eigenvalue weighted by molar-refractivity contribution is 7.89. The van der Waals surface area contributed by atoms with Gasteiger partial charge in [-0.1, -0.05) is 49.7 Å². The van der Waals surface area contributed by atoms with Crippen molar-refractivity contribution < 1.29 is 17.9 Å². The van der Waals surface area contributed by atoms with E-state index in [0.717, 1.165) is 16.9 Å². The molecule has 0 fully saturated rings. The molecule has 0 aliphatic carbocycles. The standard InChI is InChI=1S/C25H30N2O4S2/c1-3-4-16-27(33(29,30)24-14-12-22(31-2)13-15-24)20-25(28)26(19-23-11-8-17-32-23)18-21-9-6-5-7-10-21/h5-15,17H,3-4,16,18-20H2,1-2H3. The van der Waals surface area contributed by atoms with Crippen LogP contribution in [0.2, 0.25) is 0 Å². The van der Waals surface area contributed by atoms with Gasteiger partial charge in [-0.15, -0.1) is 11.3 Å². The van der Waals surface area contributed by atoms with Crippen molar-refractivity contribution in [3.63, 3.8) is 0 Å². The number of hydrogen-bond acceptors (Lipinski definition) is 5. The zero-order valence-corrected chi connectivity index (χ0v) is 20.6. The molecule has 3 aromatic rings. The molecule has 1 aromatic heterocycles. The van der Waals surface area contributed by atoms with Crippen LogP contribution < -0.4 is 4.74 Å². The van der Waals surface area contributed by atoms with Crippen molar-refractivity contribution in [2.24, 2.45) is 0 Å². The van der Waals surface area contributed by atoms with Gasteiger partial charge in [0.2, 0.25) is 15.9 Å². The van der Waals surface area contributed by atoms with E-state index in [1.165, 1.54) is 23.5 Å². The third-order valence-corrected chi connectivity index (χ3v) is 7.99. The van der Waals surface area contributed by atoms with Crippen LogP contribution in [-0.4, -0.2) is 43.7 Å². The maximum Gasteiger partial charge on any atom is 0.243 e. The number of rotatable bonds is 12. The maximum atomic E-state index is 13.4. The first-order valence-electron chi connectivity index (χ1n) is 10.9. The van der Waals surface area contributed by atoms with Gasteiger partial charge in [-0.05, 0) is 47.7 Å². The Balaban J connectivity index is 1.84. The summed E-state index contributed by atoms with van der Waals surface area (Å²) in [6.45, 7) is 2.94. The number of hydrogen-bond donors (Lipinski definition) is 0. The molecule has 2 aromatic carbocycles. The van der Waals surface area contributed by atoms with Gasteiger partial charge in [0.05, 0.1) is 25.1 Å². The van der Waals surface area contributed by atoms with Crippen molar-refractivity contribution in [3.05, 3.63) is 82.6 Å². The summed E-state index contributed by atoms with van der Waals surface area (Å²) >= 11 is 1.58. The molecular weight excluding hydrogens is 456 g/mol. The van der Waals surface area contributed by atoms with Crippen molar-refractivity contribution >= 4 is 27.3 Å². The van der Waals surface area contributed by atoms with Crippen LogP contribution in [0, 0.1) is 0 Å². The Hall–Kier alpha value is -2.68. The van der Waals surface area contributed by atoms with Gasteiger partial charge in [-0.25, -0.2) is 8.42 Å². The third-order valence-electron chi connectivity index (χ3n) is 5.27. The van der Waals surface area contributed by atoms with E-state index in [9.17, 15) is 13.2 Å². The zero-order chi connectivity index (χ0) is 23.7. The topological polar surface area (TPSA) is 66.9 Å². The second-order valence-corrected chi connectivity index (χ2v) is 10.7. The zero-order valence-electron chi connectivity index (χ0n) is 19.0. The lowest BCUT2D eigenvalue weighted by Gasteiger charge is -2.27. The minimum Gasteiger partial charge on any atom is -0.497 e. The molecule has 0 N–H and O–H groups in total. The Morgan fingerprint density at radius 2 is 1.70 bits per heavy atom. The van der Waals surface area contributed by atoms with Gasteiger partial charge < -0.3 is 9.64 Å². The van der Waals surface area contributed by atoms with Gasteiger partial charge in [-0.3, -0.25) is 4.79 Å². The summed E-state index contributed by atoms with van der Waals surface area (Å²) in [7, 11) is -2.30. The van der Waals surface area contributed by atoms with Gasteiger partial charge in [0.1, 0.15) is 5.75 Å². The summed E-state index contributed by atoms with van der Waals surface area (Å²) in [5.41, 5.74) is 1.00. The molecule has 8 heteroatoms. The van der Waals surface area contributed by atoms with Gasteiger partial charge >= 0.3 is 0 Å². The molecule has 3 rings (SSSR count). The van der Waals surface area contributed by atoms with Gasteiger partial charge in [0.25, 0.3) is 0 Å². The number of amides is 1. The molecule has 0 aliphatic rings. The van der Waals surface area contributed by atoms with Crippen LogP contribution in [0.25, 0.3) is 0 Å². The Kier molecular flexibility index (Phi) is 9.05. The number of ether oxygens (including phenoxy) is 1. The van der Waals surface area contributed by atoms with Crippen LogP contribution in [0.1, 0.15) is 30.2 Å². The molecule has 1 amide bonds. The number of unbranched alkanes of at least 4 members (excludes halogenated alkanes) is 1. The fourth-order valence-electron chi connectivity index (χ4n) is 3.39. The Morgan fingerprint density at radius 1 is 0.970 bits per heavy atom. The molecule has 33 heavy (non-hydrogen) atoms. The molecule has 176 valence electrons. The first-order valence-corrected chi connectivity index (χ1v) is 13.2. The molecule has 0 radical (unpaired) electrons. The number of benzene rings is 2. The molecular formula is C25H30N2O4S2. The summed E-state index contributed by atoms with van der Waals surface area (Å²) in [6, 6.07) is 20.0. The van der Waals surface area contributed by atoms with Crippen molar-refractivity contribution in [2.45, 2.75) is 37.8 Å². The predicted octanol–water partition coefficient (Wildman–Crippen LogP) is 4.78. The van der Waals surface area contributed by atoms with Crippen LogP contribution in [0.5, 0.6) is 5.75 Å². The van der Waals surface area contributed by atoms with E-state index in [4.69, 9.17) is 4.74 Å². The lowest BCUT2D eigenvalue weighted by atomic mass is 10.2. The SMILES string of the molecule is CCCCN(CC(=O)N(Cc1ccccc1)Cc1cccs1)S(=O)(=O)c1ccc(OC)cc1. The molecule has 0 unspecified atom stereocenters. The highest BCUT2D eigenvalue weighted by Crippen LogP contribution is 2.21. The molecule has 0 saturated carbocycles. The molecule has 0 bridgehead atoms. The smallest absolute Gasteiger partial charge is 0.243 e. The molecule has 6 nitrogen and oxygen atoms in total. The van der Waals surface area contributed by atoms with E-state index in [-0.39, 0.29) is 23.9 Å². The summed E-state index contributed by atoms with van der Waals surface area (Å²) in [6.07, 6.45) is 1.50. The van der Waals surface area contributed by atoms with E-state index >= 15 is 0 Å². The normalized spacial score (nSPS) is 11.5. The number of carbonyl (C=O) groups is 1. The fraction of sp³-hybridized carbons (Fsp3) is 0.320. The Bertz CT molecular complexity index is 1100. The van der Waals surface area contributed by atoms with E-state index in [1.54, 1.807) is 28.4 Å². The summed E-state index contributed by atoms with van der Waals surface area (Å²) in [5, 5.41) is 1.97. The lowest BCUT2D eigenvalue weighted by molar-refractivity contribution is -0.132. The quantitative estimate of drug-likeness (QED) is 0.370. The Labute approximate surface area is 200 Å². The van der Waals surface area contributed by atoms with Gasteiger partial charge in [0.15, 0.2) is 0 Å². The number of sulfonamides is 1. The largest absolute Gasteiger partial charge is 0.497 e. The summed E-state index contributed by atoms with van der Waals surface area (Å²) < 4.78 is 33.2. The summed E-state index contributed by atoms with van der Waals surface area (Å²) in [4.78, 5) is 16.4. The van der Waals surface area contributed by atoms with Crippen molar-refractivity contribution in [2.75, 3.05) is 20.2 Å². The number of nitrogens with zero attached hydrogens (tertiary/aromatic N) is 2. The van der Waals surface area contributed by atoms with Crippen molar-refractivity contribution in [3.8, 4) is 5.75 Å². The van der Waals surface area contributed by atoms with Gasteiger partial charge in [0, 0.05) is 18.0 Å². The first-order chi connectivity index (χ1) is 15.9. The second-order valence-electron chi connectivity index (χ2n) is 7.68. The van der Waals surface area contributed by atoms with Crippen LogP contribution in [0.15, 0.2) is 77.0 Å². The van der Waals surface area contributed by atoms with E-state index < -0.39 is 10.0 Å². The average Bonchev–Trinajstić information content (AvgIpc) is 3.35. The molecule has 1 heterocycles. The Morgan fingerprint density at radius 3 is 2.30 bits per heavy atom. The van der Waals surface area contributed by atoms with Crippen LogP contribution in [-0.2, 0) is 27.9 Å². The van der Waals surface area contributed by atoms with E-state index in [1.807, 2.05) is 54.8 Å². The number of thiophene rings is 1. The summed E-state index contributed by atoms with van der Waals surface area (Å²) in [5.74, 6) is 0.357. The van der Waals surface area contributed by atoms with E-state index in [0.29, 0.717) is 25.3 Å². The predicted molar refractivity (Wildman–Crippen MR) is 132 cm³/mol. The molecule has 0 atom stereocenters. The van der Waals surface area contributed by atoms with Crippen LogP contribution in [0.4, 0.5) is 0 Å². The van der Waals surface area contributed by atoms with Crippen molar-refractivity contribution in [1.82, 2.24) is 9.21 Å².